The van der Waals surface area contributed by atoms with E-state index in [1.165, 1.54) is 12.1 Å². The maximum Gasteiger partial charge on any atom is 0.317 e. The van der Waals surface area contributed by atoms with Crippen LogP contribution < -0.4 is 5.32 Å². The molecule has 28 heavy (non-hydrogen) atoms. The van der Waals surface area contributed by atoms with E-state index in [2.05, 4.69) is 10.2 Å². The van der Waals surface area contributed by atoms with E-state index in [0.717, 1.165) is 25.9 Å². The van der Waals surface area contributed by atoms with Gasteiger partial charge in [0.25, 0.3) is 5.69 Å². The van der Waals surface area contributed by atoms with Crippen LogP contribution in [0.15, 0.2) is 24.3 Å². The number of halogens is 1. The van der Waals surface area contributed by atoms with Gasteiger partial charge in [0.15, 0.2) is 0 Å². The summed E-state index contributed by atoms with van der Waals surface area (Å²) < 4.78 is 0. The van der Waals surface area contributed by atoms with Crippen LogP contribution in [0.5, 0.6) is 0 Å². The number of nitro benzene ring substituents is 1. The van der Waals surface area contributed by atoms with Gasteiger partial charge in [0.05, 0.1) is 11.5 Å². The van der Waals surface area contributed by atoms with Crippen molar-refractivity contribution in [3.05, 3.63) is 34.4 Å². The summed E-state index contributed by atoms with van der Waals surface area (Å²) in [5, 5.41) is 22.6. The monoisotopic (exact) mass is 414 g/mol. The molecule has 0 atom stereocenters. The molecule has 1 saturated heterocycles. The summed E-state index contributed by atoms with van der Waals surface area (Å²) in [5.41, 5.74) is 0.0863. The molecule has 1 aliphatic heterocycles. The van der Waals surface area contributed by atoms with Gasteiger partial charge in [0, 0.05) is 25.1 Å². The van der Waals surface area contributed by atoms with E-state index < -0.39 is 10.9 Å². The van der Waals surface area contributed by atoms with Gasteiger partial charge < -0.3 is 15.3 Å². The quantitative estimate of drug-likeness (QED) is 0.470. The maximum atomic E-state index is 12.1. The number of carbonyl (C=O) groups is 2. The number of likely N-dealkylation sites (tertiary alicyclic amines) is 1. The first-order chi connectivity index (χ1) is 12.9. The zero-order valence-corrected chi connectivity index (χ0v) is 16.7. The summed E-state index contributed by atoms with van der Waals surface area (Å²) in [6.45, 7) is 4.90. The lowest BCUT2D eigenvalue weighted by molar-refractivity contribution is -0.383. The standard InChI is InChI=1S/C18H26N4O5.ClH/c1-2-21(13-18(24)25)14-7-10-20(11-8-14)12-9-17(23)19-15-5-3-4-6-16(15)22(26)27;/h3-6,14H,2,7-13H2,1H3,(H,19,23)(H,24,25);1H. The highest BCUT2D eigenvalue weighted by Crippen LogP contribution is 2.23. The molecule has 0 spiro atoms. The average Bonchev–Trinajstić information content (AvgIpc) is 2.65. The molecule has 156 valence electrons. The van der Waals surface area contributed by atoms with Gasteiger partial charge in [-0.25, -0.2) is 0 Å². The molecular formula is C18H27ClN4O5. The van der Waals surface area contributed by atoms with E-state index >= 15 is 0 Å². The van der Waals surface area contributed by atoms with Crippen molar-refractivity contribution in [2.75, 3.05) is 38.0 Å². The number of amides is 1. The number of rotatable bonds is 9. The van der Waals surface area contributed by atoms with Crippen LogP contribution in [0.4, 0.5) is 11.4 Å². The summed E-state index contributed by atoms with van der Waals surface area (Å²) in [7, 11) is 0. The second-order valence-electron chi connectivity index (χ2n) is 6.60. The molecule has 1 aromatic rings. The number of aliphatic carboxylic acids is 1. The molecule has 1 fully saturated rings. The fourth-order valence-corrected chi connectivity index (χ4v) is 3.39. The van der Waals surface area contributed by atoms with Gasteiger partial charge in [-0.2, -0.15) is 0 Å². The van der Waals surface area contributed by atoms with Crippen LogP contribution in [-0.4, -0.2) is 70.5 Å². The number of anilines is 1. The predicted octanol–water partition coefficient (Wildman–Crippen LogP) is 2.22. The number of likely N-dealkylation sites (N-methyl/N-ethyl adjacent to an activating group) is 1. The minimum absolute atomic E-state index is 0. The first-order valence-electron chi connectivity index (χ1n) is 9.12. The van der Waals surface area contributed by atoms with Gasteiger partial charge in [-0.1, -0.05) is 19.1 Å². The summed E-state index contributed by atoms with van der Waals surface area (Å²) in [6, 6.07) is 6.33. The highest BCUT2D eigenvalue weighted by atomic mass is 35.5. The van der Waals surface area contributed by atoms with Crippen LogP contribution in [0, 0.1) is 10.1 Å². The number of benzene rings is 1. The molecule has 10 heteroatoms. The van der Waals surface area contributed by atoms with Gasteiger partial charge in [-0.05, 0) is 38.5 Å². The normalized spacial score (nSPS) is 15.1. The van der Waals surface area contributed by atoms with E-state index in [1.54, 1.807) is 12.1 Å². The number of nitrogens with one attached hydrogen (secondary N) is 1. The number of hydrogen-bond donors (Lipinski definition) is 2. The Bertz CT molecular complexity index is 680. The summed E-state index contributed by atoms with van der Waals surface area (Å²) in [6.07, 6.45) is 1.99. The topological polar surface area (TPSA) is 116 Å². The van der Waals surface area contributed by atoms with E-state index in [4.69, 9.17) is 5.11 Å². The predicted molar refractivity (Wildman–Crippen MR) is 108 cm³/mol. The van der Waals surface area contributed by atoms with Crippen LogP contribution in [0.2, 0.25) is 0 Å². The summed E-state index contributed by atoms with van der Waals surface area (Å²) in [5.74, 6) is -1.07. The zero-order chi connectivity index (χ0) is 19.8. The van der Waals surface area contributed by atoms with E-state index in [9.17, 15) is 19.7 Å². The maximum absolute atomic E-state index is 12.1. The molecule has 2 rings (SSSR count). The molecule has 0 radical (unpaired) electrons. The van der Waals surface area contributed by atoms with Crippen molar-refractivity contribution in [2.45, 2.75) is 32.2 Å². The summed E-state index contributed by atoms with van der Waals surface area (Å²) in [4.78, 5) is 37.7. The highest BCUT2D eigenvalue weighted by Gasteiger charge is 2.25. The number of carboxylic acid groups (broad SMARTS) is 1. The third kappa shape index (κ3) is 7.06. The molecule has 0 aromatic heterocycles. The van der Waals surface area contributed by atoms with Crippen molar-refractivity contribution in [1.82, 2.24) is 9.80 Å². The number of para-hydroxylation sites is 2. The Balaban J connectivity index is 0.00000392. The van der Waals surface area contributed by atoms with E-state index in [-0.39, 0.29) is 48.7 Å². The molecule has 0 unspecified atom stereocenters. The first kappa shape index (κ1) is 23.8. The third-order valence-electron chi connectivity index (χ3n) is 4.85. The highest BCUT2D eigenvalue weighted by molar-refractivity contribution is 5.93. The zero-order valence-electron chi connectivity index (χ0n) is 15.9. The number of hydrogen-bond acceptors (Lipinski definition) is 6. The minimum atomic E-state index is -0.814. The fraction of sp³-hybridized carbons (Fsp3) is 0.556. The summed E-state index contributed by atoms with van der Waals surface area (Å²) >= 11 is 0. The molecule has 0 saturated carbocycles. The van der Waals surface area contributed by atoms with Gasteiger partial charge in [0.2, 0.25) is 5.91 Å². The second-order valence-corrected chi connectivity index (χ2v) is 6.60. The molecule has 1 aromatic carbocycles. The van der Waals surface area contributed by atoms with Crippen molar-refractivity contribution in [3.8, 4) is 0 Å². The van der Waals surface area contributed by atoms with Crippen molar-refractivity contribution in [1.29, 1.82) is 0 Å². The van der Waals surface area contributed by atoms with Gasteiger partial charge in [0.1, 0.15) is 5.69 Å². The Labute approximate surface area is 170 Å². The smallest absolute Gasteiger partial charge is 0.317 e. The molecule has 0 aliphatic carbocycles. The Morgan fingerprint density at radius 1 is 1.32 bits per heavy atom. The Morgan fingerprint density at radius 2 is 1.96 bits per heavy atom. The average molecular weight is 415 g/mol. The number of carbonyl (C=O) groups excluding carboxylic acids is 1. The van der Waals surface area contributed by atoms with Crippen LogP contribution in [0.1, 0.15) is 26.2 Å². The lowest BCUT2D eigenvalue weighted by atomic mass is 10.0. The van der Waals surface area contributed by atoms with Crippen molar-refractivity contribution in [2.24, 2.45) is 0 Å². The van der Waals surface area contributed by atoms with Gasteiger partial charge in [-0.3, -0.25) is 24.6 Å². The van der Waals surface area contributed by atoms with E-state index in [1.807, 2.05) is 11.8 Å². The molecule has 9 nitrogen and oxygen atoms in total. The number of nitro groups is 1. The van der Waals surface area contributed by atoms with E-state index in [0.29, 0.717) is 13.1 Å². The fourth-order valence-electron chi connectivity index (χ4n) is 3.39. The first-order valence-corrected chi connectivity index (χ1v) is 9.12. The minimum Gasteiger partial charge on any atom is -0.480 e. The molecule has 2 N–H and O–H groups in total. The largest absolute Gasteiger partial charge is 0.480 e. The SMILES string of the molecule is CCN(CC(=O)O)C1CCN(CCC(=O)Nc2ccccc2[N+](=O)[O-])CC1.Cl. The number of nitrogens with zero attached hydrogens (tertiary/aromatic N) is 3. The van der Waals surface area contributed by atoms with Gasteiger partial charge in [-0.15, -0.1) is 12.4 Å². The lowest BCUT2D eigenvalue weighted by Gasteiger charge is -2.37. The molecule has 0 bridgehead atoms. The Kier molecular flexibility index (Phi) is 9.84. The molecule has 1 aliphatic rings. The van der Waals surface area contributed by atoms with Crippen LogP contribution in [-0.2, 0) is 9.59 Å². The number of carboxylic acids is 1. The molecular weight excluding hydrogens is 388 g/mol. The number of piperidine rings is 1. The molecule has 1 amide bonds. The third-order valence-corrected chi connectivity index (χ3v) is 4.85. The van der Waals surface area contributed by atoms with Crippen molar-refractivity contribution in [3.63, 3.8) is 0 Å². The van der Waals surface area contributed by atoms with Gasteiger partial charge >= 0.3 is 5.97 Å². The van der Waals surface area contributed by atoms with Crippen LogP contribution in [0.25, 0.3) is 0 Å². The lowest BCUT2D eigenvalue weighted by Crippen LogP contribution is -2.47. The van der Waals surface area contributed by atoms with Crippen molar-refractivity contribution < 1.29 is 19.6 Å². The molecule has 1 heterocycles. The second kappa shape index (κ2) is 11.6. The Hall–Kier alpha value is -2.23. The van der Waals surface area contributed by atoms with Crippen LogP contribution in [0.3, 0.4) is 0 Å². The van der Waals surface area contributed by atoms with Crippen LogP contribution >= 0.6 is 12.4 Å². The van der Waals surface area contributed by atoms with Crippen molar-refractivity contribution >= 4 is 35.7 Å². The Morgan fingerprint density at radius 3 is 2.54 bits per heavy atom.